The molecule has 1 aromatic carbocycles. The Morgan fingerprint density at radius 3 is 2.57 bits per heavy atom. The van der Waals surface area contributed by atoms with Crippen molar-refractivity contribution in [1.29, 1.82) is 0 Å². The van der Waals surface area contributed by atoms with Crippen LogP contribution >= 0.6 is 0 Å². The molecule has 0 saturated heterocycles. The van der Waals surface area contributed by atoms with E-state index in [-0.39, 0.29) is 0 Å². The van der Waals surface area contributed by atoms with Crippen LogP contribution in [0.15, 0.2) is 30.3 Å². The highest BCUT2D eigenvalue weighted by Gasteiger charge is 2.14. The molecule has 122 valence electrons. The van der Waals surface area contributed by atoms with Gasteiger partial charge in [-0.3, -0.25) is 0 Å². The minimum atomic E-state index is 0.550. The Labute approximate surface area is 138 Å². The van der Waals surface area contributed by atoms with Gasteiger partial charge in [-0.2, -0.15) is 0 Å². The first-order valence-electron chi connectivity index (χ1n) is 8.71. The molecule has 1 aliphatic rings. The van der Waals surface area contributed by atoms with Gasteiger partial charge in [-0.15, -0.1) is 0 Å². The zero-order valence-corrected chi connectivity index (χ0v) is 14.1. The van der Waals surface area contributed by atoms with E-state index in [9.17, 15) is 0 Å². The summed E-state index contributed by atoms with van der Waals surface area (Å²) in [4.78, 5) is 9.09. The summed E-state index contributed by atoms with van der Waals surface area (Å²) in [5, 5.41) is 7.04. The number of anilines is 3. The smallest absolute Gasteiger partial charge is 0.136 e. The molecular formula is C19H26N4. The maximum Gasteiger partial charge on any atom is 0.136 e. The maximum absolute atomic E-state index is 4.55. The van der Waals surface area contributed by atoms with Gasteiger partial charge in [-0.25, -0.2) is 9.97 Å². The summed E-state index contributed by atoms with van der Waals surface area (Å²) in [5.74, 6) is 2.58. The summed E-state index contributed by atoms with van der Waals surface area (Å²) in [7, 11) is 0. The van der Waals surface area contributed by atoms with Crippen LogP contribution in [-0.2, 0) is 6.42 Å². The van der Waals surface area contributed by atoms with Gasteiger partial charge in [0.15, 0.2) is 0 Å². The second kappa shape index (κ2) is 7.44. The van der Waals surface area contributed by atoms with Gasteiger partial charge in [0, 0.05) is 17.8 Å². The van der Waals surface area contributed by atoms with Gasteiger partial charge in [0.05, 0.1) is 0 Å². The van der Waals surface area contributed by atoms with Crippen molar-refractivity contribution in [3.05, 3.63) is 41.7 Å². The van der Waals surface area contributed by atoms with Gasteiger partial charge < -0.3 is 10.6 Å². The summed E-state index contributed by atoms with van der Waals surface area (Å²) in [6, 6.07) is 11.0. The molecule has 0 unspecified atom stereocenters. The van der Waals surface area contributed by atoms with Gasteiger partial charge in [0.1, 0.15) is 17.5 Å². The number of hydrogen-bond acceptors (Lipinski definition) is 4. The molecule has 0 amide bonds. The molecule has 0 bridgehead atoms. The zero-order chi connectivity index (χ0) is 16.1. The summed E-state index contributed by atoms with van der Waals surface area (Å²) in [6.45, 7) is 4.12. The van der Waals surface area contributed by atoms with Crippen LogP contribution in [0.4, 0.5) is 17.3 Å². The van der Waals surface area contributed by atoms with Gasteiger partial charge >= 0.3 is 0 Å². The quantitative estimate of drug-likeness (QED) is 0.830. The largest absolute Gasteiger partial charge is 0.367 e. The van der Waals surface area contributed by atoms with Gasteiger partial charge in [-0.1, -0.05) is 44.4 Å². The van der Waals surface area contributed by atoms with E-state index in [1.807, 2.05) is 13.0 Å². The van der Waals surface area contributed by atoms with Crippen LogP contribution in [0.5, 0.6) is 0 Å². The molecule has 1 saturated carbocycles. The number of aromatic nitrogens is 2. The highest BCUT2D eigenvalue weighted by atomic mass is 15.1. The fraction of sp³-hybridized carbons (Fsp3) is 0.474. The van der Waals surface area contributed by atoms with E-state index in [4.69, 9.17) is 0 Å². The second-order valence-electron chi connectivity index (χ2n) is 6.30. The van der Waals surface area contributed by atoms with Gasteiger partial charge in [-0.05, 0) is 37.8 Å². The third-order valence-electron chi connectivity index (χ3n) is 4.46. The predicted molar refractivity (Wildman–Crippen MR) is 96.4 cm³/mol. The van der Waals surface area contributed by atoms with Crippen LogP contribution in [0.3, 0.4) is 0 Å². The highest BCUT2D eigenvalue weighted by Crippen LogP contribution is 2.24. The van der Waals surface area contributed by atoms with Crippen molar-refractivity contribution in [2.45, 2.75) is 58.4 Å². The molecule has 1 aliphatic carbocycles. The molecule has 0 spiro atoms. The van der Waals surface area contributed by atoms with Crippen molar-refractivity contribution in [3.63, 3.8) is 0 Å². The monoisotopic (exact) mass is 310 g/mol. The molecular weight excluding hydrogens is 284 g/mol. The number of benzene rings is 1. The van der Waals surface area contributed by atoms with E-state index in [0.717, 1.165) is 29.6 Å². The lowest BCUT2D eigenvalue weighted by molar-refractivity contribution is 0.462. The van der Waals surface area contributed by atoms with Crippen LogP contribution < -0.4 is 10.6 Å². The van der Waals surface area contributed by atoms with E-state index >= 15 is 0 Å². The van der Waals surface area contributed by atoms with Crippen molar-refractivity contribution in [2.75, 3.05) is 10.6 Å². The molecule has 3 rings (SSSR count). The molecule has 0 aliphatic heterocycles. The molecule has 23 heavy (non-hydrogen) atoms. The van der Waals surface area contributed by atoms with Crippen LogP contribution in [0, 0.1) is 6.92 Å². The fourth-order valence-corrected chi connectivity index (χ4v) is 3.25. The molecule has 0 atom stereocenters. The van der Waals surface area contributed by atoms with Crippen LogP contribution in [0.1, 0.15) is 50.4 Å². The van der Waals surface area contributed by atoms with E-state index < -0.39 is 0 Å². The van der Waals surface area contributed by atoms with Crippen molar-refractivity contribution in [2.24, 2.45) is 0 Å². The van der Waals surface area contributed by atoms with E-state index in [1.165, 1.54) is 37.7 Å². The zero-order valence-electron chi connectivity index (χ0n) is 14.1. The normalized spacial score (nSPS) is 15.4. The first-order chi connectivity index (χ1) is 11.2. The lowest BCUT2D eigenvalue weighted by atomic mass is 9.95. The van der Waals surface area contributed by atoms with Crippen molar-refractivity contribution in [1.82, 2.24) is 9.97 Å². The Bertz CT molecular complexity index is 648. The number of para-hydroxylation sites is 1. The van der Waals surface area contributed by atoms with Crippen molar-refractivity contribution in [3.8, 4) is 0 Å². The van der Waals surface area contributed by atoms with Crippen molar-refractivity contribution >= 4 is 17.3 Å². The summed E-state index contributed by atoms with van der Waals surface area (Å²) >= 11 is 0. The Morgan fingerprint density at radius 1 is 1.04 bits per heavy atom. The predicted octanol–water partition coefficient (Wildman–Crippen LogP) is 4.84. The molecule has 2 N–H and O–H groups in total. The number of nitrogens with zero attached hydrogens (tertiary/aromatic N) is 2. The molecule has 1 fully saturated rings. The molecule has 2 aromatic rings. The van der Waals surface area contributed by atoms with E-state index in [0.29, 0.717) is 6.04 Å². The van der Waals surface area contributed by atoms with E-state index in [1.54, 1.807) is 0 Å². The Balaban J connectivity index is 1.77. The Hall–Kier alpha value is -2.10. The maximum atomic E-state index is 4.55. The summed E-state index contributed by atoms with van der Waals surface area (Å²) in [6.07, 6.45) is 7.48. The van der Waals surface area contributed by atoms with Gasteiger partial charge in [0.25, 0.3) is 0 Å². The molecule has 1 aromatic heterocycles. The minimum absolute atomic E-state index is 0.550. The lowest BCUT2D eigenvalue weighted by Gasteiger charge is -2.23. The molecule has 4 nitrogen and oxygen atoms in total. The number of hydrogen-bond donors (Lipinski definition) is 2. The summed E-state index contributed by atoms with van der Waals surface area (Å²) in [5.41, 5.74) is 2.42. The average molecular weight is 310 g/mol. The Morgan fingerprint density at radius 2 is 1.78 bits per heavy atom. The average Bonchev–Trinajstić information content (AvgIpc) is 2.56. The molecule has 1 heterocycles. The lowest BCUT2D eigenvalue weighted by Crippen LogP contribution is -2.23. The molecule has 4 heteroatoms. The highest BCUT2D eigenvalue weighted by molar-refractivity contribution is 5.62. The third kappa shape index (κ3) is 4.21. The fourth-order valence-electron chi connectivity index (χ4n) is 3.25. The van der Waals surface area contributed by atoms with E-state index in [2.05, 4.69) is 51.8 Å². The van der Waals surface area contributed by atoms with Crippen LogP contribution in [0.25, 0.3) is 0 Å². The van der Waals surface area contributed by atoms with Crippen LogP contribution in [0.2, 0.25) is 0 Å². The third-order valence-corrected chi connectivity index (χ3v) is 4.46. The minimum Gasteiger partial charge on any atom is -0.367 e. The molecule has 0 radical (unpaired) electrons. The number of nitrogens with one attached hydrogen (secondary N) is 2. The topological polar surface area (TPSA) is 49.8 Å². The standard InChI is InChI=1S/C19H26N4/c1-3-15-9-7-8-12-17(15)23-19-13-18(20-14(2)21-19)22-16-10-5-4-6-11-16/h7-9,12-13,16H,3-6,10-11H2,1-2H3,(H2,20,21,22,23). The first-order valence-corrected chi connectivity index (χ1v) is 8.71. The number of rotatable bonds is 5. The second-order valence-corrected chi connectivity index (χ2v) is 6.30. The summed E-state index contributed by atoms with van der Waals surface area (Å²) < 4.78 is 0. The SMILES string of the molecule is CCc1ccccc1Nc1cc(NC2CCCCC2)nc(C)n1. The Kier molecular flexibility index (Phi) is 5.11. The number of aryl methyl sites for hydroxylation is 2. The van der Waals surface area contributed by atoms with Crippen LogP contribution in [-0.4, -0.2) is 16.0 Å². The first kappa shape index (κ1) is 15.8. The van der Waals surface area contributed by atoms with Gasteiger partial charge in [0.2, 0.25) is 0 Å². The van der Waals surface area contributed by atoms with Crippen molar-refractivity contribution < 1.29 is 0 Å².